The number of nitrogen functional groups attached to an aromatic ring is 1. The van der Waals surface area contributed by atoms with E-state index in [9.17, 15) is 16.5 Å². The number of carbonyl (C=O) groups excluding carboxylic acids is 1. The van der Waals surface area contributed by atoms with Gasteiger partial charge in [0.2, 0.25) is 0 Å². The summed E-state index contributed by atoms with van der Waals surface area (Å²) in [6, 6.07) is 5.87. The van der Waals surface area contributed by atoms with Crippen molar-refractivity contribution >= 4 is 21.3 Å². The topological polar surface area (TPSA) is 113 Å². The van der Waals surface area contributed by atoms with Gasteiger partial charge in [-0.1, -0.05) is 46.0 Å². The third-order valence-electron chi connectivity index (χ3n) is 6.56. The first kappa shape index (κ1) is 30.3. The molecule has 2 unspecified atom stereocenters. The quantitative estimate of drug-likeness (QED) is 0.138. The number of hydrogen-bond acceptors (Lipinski definition) is 7. The van der Waals surface area contributed by atoms with E-state index in [4.69, 9.17) is 12.4 Å². The molecule has 1 aliphatic rings. The molecule has 0 radical (unpaired) electrons. The van der Waals surface area contributed by atoms with Crippen LogP contribution in [0, 0.1) is 5.92 Å². The molecule has 9 heteroatoms. The molecule has 1 heterocycles. The van der Waals surface area contributed by atoms with Crippen LogP contribution in [0.25, 0.3) is 0 Å². The second-order valence-corrected chi connectivity index (χ2v) is 13.8. The van der Waals surface area contributed by atoms with Crippen molar-refractivity contribution in [2.75, 3.05) is 12.3 Å². The second kappa shape index (κ2) is 16.0. The van der Waals surface area contributed by atoms with Gasteiger partial charge in [0, 0.05) is 0 Å². The molecule has 0 amide bonds. The van der Waals surface area contributed by atoms with Crippen LogP contribution >= 0.6 is 0 Å². The number of carbonyl (C=O) groups is 1. The molecule has 2 rings (SSSR count). The Kier molecular flexibility index (Phi) is 13.9. The van der Waals surface area contributed by atoms with Crippen LogP contribution in [-0.4, -0.2) is 32.2 Å². The van der Waals surface area contributed by atoms with Crippen molar-refractivity contribution in [3.05, 3.63) is 24.3 Å². The maximum absolute atomic E-state index is 13.3. The van der Waals surface area contributed by atoms with Gasteiger partial charge in [0.15, 0.2) is 0 Å². The van der Waals surface area contributed by atoms with Gasteiger partial charge in [-0.2, -0.15) is 0 Å². The molecule has 1 aromatic carbocycles. The molecule has 2 N–H and O–H groups in total. The van der Waals surface area contributed by atoms with Crippen LogP contribution in [0.15, 0.2) is 29.2 Å². The van der Waals surface area contributed by atoms with Crippen molar-refractivity contribution in [3.8, 4) is 0 Å². The zero-order valence-corrected chi connectivity index (χ0v) is 23.8. The number of sulfone groups is 1. The zero-order valence-electron chi connectivity index (χ0n) is 21.4. The van der Waals surface area contributed by atoms with E-state index in [1.54, 1.807) is 0 Å². The molecular formula is C26H43NO6STi. The Bertz CT molecular complexity index is 888. The summed E-state index contributed by atoms with van der Waals surface area (Å²) in [5, 5.41) is -1.24. The van der Waals surface area contributed by atoms with Gasteiger partial charge in [-0.15, -0.1) is 0 Å². The number of ketones is 1. The monoisotopic (exact) mass is 545 g/mol. The van der Waals surface area contributed by atoms with E-state index in [0.29, 0.717) is 12.1 Å². The fourth-order valence-electron chi connectivity index (χ4n) is 4.42. The number of Topliss-reactive ketones (excluding diaryl/α,β-unsaturated/α-hetero) is 1. The number of hydrogen-bond donors (Lipinski definition) is 1. The minimum absolute atomic E-state index is 0.0616. The first-order chi connectivity index (χ1) is 16.7. The molecule has 198 valence electrons. The van der Waals surface area contributed by atoms with Crippen molar-refractivity contribution in [1.29, 1.82) is 0 Å². The summed E-state index contributed by atoms with van der Waals surface area (Å²) in [6.45, 7) is 4.42. The molecule has 1 aromatic rings. The molecule has 1 saturated heterocycles. The predicted octanol–water partition coefficient (Wildman–Crippen LogP) is 5.92. The summed E-state index contributed by atoms with van der Waals surface area (Å²) in [6.07, 6.45) is 13.2. The molecule has 0 spiro atoms. The van der Waals surface area contributed by atoms with Crippen molar-refractivity contribution in [3.63, 3.8) is 0 Å². The molecule has 0 aromatic heterocycles. The molecule has 0 aliphatic carbocycles. The third kappa shape index (κ3) is 10.9. The fourth-order valence-corrected chi connectivity index (χ4v) is 7.40. The van der Waals surface area contributed by atoms with E-state index in [0.717, 1.165) is 25.2 Å². The number of rotatable bonds is 18. The summed E-state index contributed by atoms with van der Waals surface area (Å²) in [4.78, 5) is 13.1. The summed E-state index contributed by atoms with van der Waals surface area (Å²) in [7, 11) is -3.92. The molecule has 0 saturated carbocycles. The average molecular weight is 546 g/mol. The van der Waals surface area contributed by atoms with Gasteiger partial charge < -0.3 is 0 Å². The van der Waals surface area contributed by atoms with E-state index in [1.807, 2.05) is 0 Å². The first-order valence-electron chi connectivity index (χ1n) is 13.2. The van der Waals surface area contributed by atoms with Crippen molar-refractivity contribution in [2.24, 2.45) is 5.92 Å². The molecule has 35 heavy (non-hydrogen) atoms. The molecule has 0 bridgehead atoms. The number of anilines is 1. The summed E-state index contributed by atoms with van der Waals surface area (Å²) >= 11 is -3.36. The maximum atomic E-state index is 13.3. The van der Waals surface area contributed by atoms with Crippen LogP contribution in [0.2, 0.25) is 0 Å². The molecular weight excluding hydrogens is 502 g/mol. The van der Waals surface area contributed by atoms with Crippen LogP contribution in [0.3, 0.4) is 0 Å². The van der Waals surface area contributed by atoms with Crippen molar-refractivity contribution in [2.45, 2.75) is 114 Å². The normalized spacial score (nSPS) is 17.2. The van der Waals surface area contributed by atoms with E-state index in [1.165, 1.54) is 75.6 Å². The standard InChI is InChI=1S/C26H43NO5S.O.Ti/c1-21(2)14-12-10-8-6-4-3-5-7-9-11-13-15-25(26(30)24(29)20-28)33(31,32)23-18-16-22(27)17-19-23;;/h16-19,21,24-25H,3-15,20,27H2,1-2H3;;/q-2;;+2. The average Bonchev–Trinajstić information content (AvgIpc) is 3.25. The Morgan fingerprint density at radius 1 is 0.914 bits per heavy atom. The zero-order chi connectivity index (χ0) is 25.7. The van der Waals surface area contributed by atoms with Crippen LogP contribution in [0.1, 0.15) is 97.3 Å². The van der Waals surface area contributed by atoms with Gasteiger partial charge in [-0.05, 0) is 5.92 Å². The molecule has 7 nitrogen and oxygen atoms in total. The Morgan fingerprint density at radius 3 is 1.86 bits per heavy atom. The third-order valence-corrected chi connectivity index (χ3v) is 10.1. The van der Waals surface area contributed by atoms with Gasteiger partial charge in [0.25, 0.3) is 0 Å². The van der Waals surface area contributed by atoms with Crippen molar-refractivity contribution in [1.82, 2.24) is 0 Å². The van der Waals surface area contributed by atoms with E-state index >= 15 is 0 Å². The Morgan fingerprint density at radius 2 is 1.40 bits per heavy atom. The van der Waals surface area contributed by atoms with E-state index in [-0.39, 0.29) is 17.9 Å². The molecule has 2 atom stereocenters. The van der Waals surface area contributed by atoms with Gasteiger partial charge in [0.1, 0.15) is 0 Å². The van der Waals surface area contributed by atoms with Crippen LogP contribution in [0.5, 0.6) is 0 Å². The first-order valence-corrected chi connectivity index (χ1v) is 16.6. The van der Waals surface area contributed by atoms with Crippen molar-refractivity contribution < 1.29 is 41.8 Å². The summed E-state index contributed by atoms with van der Waals surface area (Å²) < 4.78 is 48.1. The molecule has 1 aliphatic heterocycles. The van der Waals surface area contributed by atoms with E-state index in [2.05, 4.69) is 13.8 Å². The molecule has 1 fully saturated rings. The van der Waals surface area contributed by atoms with E-state index < -0.39 is 45.6 Å². The Labute approximate surface area is 218 Å². The van der Waals surface area contributed by atoms with Gasteiger partial charge in [-0.3, -0.25) is 0 Å². The Balaban J connectivity index is 1.74. The van der Waals surface area contributed by atoms with Gasteiger partial charge in [-0.25, -0.2) is 0 Å². The summed E-state index contributed by atoms with van der Waals surface area (Å²) in [5.41, 5.74) is 6.14. The summed E-state index contributed by atoms with van der Waals surface area (Å²) in [5.74, 6) is 0.243. The van der Waals surface area contributed by atoms with Crippen LogP contribution in [-0.2, 0) is 43.2 Å². The fraction of sp³-hybridized carbons (Fsp3) is 0.731. The minimum atomic E-state index is -3.92. The number of unbranched alkanes of at least 4 members (excludes halogenated alkanes) is 10. The Hall–Kier alpha value is -0.926. The second-order valence-electron chi connectivity index (χ2n) is 10.0. The predicted molar refractivity (Wildman–Crippen MR) is 133 cm³/mol. The van der Waals surface area contributed by atoms with Gasteiger partial charge in [0.05, 0.1) is 0 Å². The van der Waals surface area contributed by atoms with Gasteiger partial charge >= 0.3 is 167 Å². The number of nitrogens with two attached hydrogens (primary N) is 1. The van der Waals surface area contributed by atoms with Crippen LogP contribution < -0.4 is 5.73 Å². The van der Waals surface area contributed by atoms with Crippen LogP contribution in [0.4, 0.5) is 5.69 Å². The number of benzene rings is 1. The SMILES string of the molecule is CC(C)CCCCCCCCCCCCCC(C(=O)C1C[O][Ti](=[O])[O]1)S(=O)(=O)c1ccc(N)cc1.